The van der Waals surface area contributed by atoms with Gasteiger partial charge in [-0.05, 0) is 0 Å². The van der Waals surface area contributed by atoms with Gasteiger partial charge in [0.25, 0.3) is 0 Å². The highest BCUT2D eigenvalue weighted by Gasteiger charge is 2.01. The van der Waals surface area contributed by atoms with Crippen molar-refractivity contribution in [1.82, 2.24) is 0 Å². The van der Waals surface area contributed by atoms with Gasteiger partial charge in [0.1, 0.15) is 5.88 Å². The Bertz CT molecular complexity index is 173. The number of halogens is 1. The molecule has 1 nitrogen and oxygen atoms in total. The molecule has 1 heterocycles. The molecule has 0 aromatic carbocycles. The minimum absolute atomic E-state index is 0.588. The monoisotopic (exact) mass is 148 g/mol. The highest BCUT2D eigenvalue weighted by atomic mass is 35.5. The number of H-pyrrole nitrogens is 1. The zero-order valence-corrected chi connectivity index (χ0v) is 6.14. The molecule has 0 saturated heterocycles. The third-order valence-electron chi connectivity index (χ3n) is 0.859. The summed E-state index contributed by atoms with van der Waals surface area (Å²) in [6.07, 6.45) is 0. The molecule has 1 aromatic heterocycles. The average Bonchev–Trinajstić information content (AvgIpc) is 2.14. The highest BCUT2D eigenvalue weighted by molar-refractivity contribution is 7.09. The molecule has 0 aliphatic heterocycles. The van der Waals surface area contributed by atoms with Crippen LogP contribution in [-0.4, -0.2) is 0 Å². The zero-order valence-electron chi connectivity index (χ0n) is 4.57. The molecule has 3 heteroatoms. The lowest BCUT2D eigenvalue weighted by molar-refractivity contribution is -0.389. The minimum atomic E-state index is 0.588. The summed E-state index contributed by atoms with van der Waals surface area (Å²) >= 11 is 7.20. The van der Waals surface area contributed by atoms with Gasteiger partial charge in [0.15, 0.2) is 0 Å². The second kappa shape index (κ2) is 2.46. The van der Waals surface area contributed by atoms with E-state index in [0.29, 0.717) is 5.88 Å². The van der Waals surface area contributed by atoms with E-state index in [-0.39, 0.29) is 0 Å². The lowest BCUT2D eigenvalue weighted by Gasteiger charge is -1.69. The van der Waals surface area contributed by atoms with E-state index < -0.39 is 0 Å². The van der Waals surface area contributed by atoms with Gasteiger partial charge in [-0.2, -0.15) is 0 Å². The van der Waals surface area contributed by atoms with Gasteiger partial charge in [-0.1, -0.05) is 11.3 Å². The first-order chi connectivity index (χ1) is 3.83. The molecule has 0 aliphatic rings. The summed E-state index contributed by atoms with van der Waals surface area (Å²) in [7, 11) is 0. The Morgan fingerprint density at radius 2 is 2.62 bits per heavy atom. The number of thiazole rings is 1. The van der Waals surface area contributed by atoms with Gasteiger partial charge in [-0.15, -0.1) is 11.6 Å². The Hall–Kier alpha value is -0.0800. The maximum atomic E-state index is 5.52. The molecule has 0 amide bonds. The molecule has 8 heavy (non-hydrogen) atoms. The van der Waals surface area contributed by atoms with Crippen LogP contribution in [0.1, 0.15) is 10.7 Å². The van der Waals surface area contributed by atoms with Crippen molar-refractivity contribution in [2.75, 3.05) is 0 Å². The molecule has 0 atom stereocenters. The van der Waals surface area contributed by atoms with Crippen LogP contribution in [-0.2, 0) is 5.88 Å². The van der Waals surface area contributed by atoms with Gasteiger partial charge < -0.3 is 0 Å². The molecule has 44 valence electrons. The lowest BCUT2D eigenvalue weighted by Crippen LogP contribution is -2.05. The molecule has 0 spiro atoms. The maximum absolute atomic E-state index is 5.52. The first-order valence-electron chi connectivity index (χ1n) is 2.35. The Morgan fingerprint density at radius 3 is 2.88 bits per heavy atom. The fourth-order valence-corrected chi connectivity index (χ4v) is 1.40. The molecule has 1 N–H and O–H groups in total. The fourth-order valence-electron chi connectivity index (χ4n) is 0.509. The lowest BCUT2D eigenvalue weighted by atomic mass is 10.6. The SMILES string of the molecule is Cc1[nH+]c(CCl)cs1. The largest absolute Gasteiger partial charge is 0.232 e. The predicted molar refractivity (Wildman–Crippen MR) is 35.2 cm³/mol. The van der Waals surface area contributed by atoms with Gasteiger partial charge in [0.2, 0.25) is 10.7 Å². The summed E-state index contributed by atoms with van der Waals surface area (Å²) < 4.78 is 0. The Kier molecular flexibility index (Phi) is 1.86. The minimum Gasteiger partial charge on any atom is -0.202 e. The van der Waals surface area contributed by atoms with E-state index >= 15 is 0 Å². The molecular weight excluding hydrogens is 142 g/mol. The molecule has 0 aliphatic carbocycles. The number of aromatic nitrogens is 1. The second-order valence-electron chi connectivity index (χ2n) is 1.58. The summed E-state index contributed by atoms with van der Waals surface area (Å²) in [6.45, 7) is 2.03. The Balaban J connectivity index is 2.84. The van der Waals surface area contributed by atoms with Crippen molar-refractivity contribution in [3.05, 3.63) is 16.1 Å². The Morgan fingerprint density at radius 1 is 1.88 bits per heavy atom. The van der Waals surface area contributed by atoms with E-state index in [4.69, 9.17) is 11.6 Å². The number of alkyl halides is 1. The van der Waals surface area contributed by atoms with Crippen LogP contribution in [0.3, 0.4) is 0 Å². The molecule has 0 radical (unpaired) electrons. The van der Waals surface area contributed by atoms with Gasteiger partial charge in [0.05, 0.1) is 5.38 Å². The molecule has 0 bridgehead atoms. The van der Waals surface area contributed by atoms with Crippen LogP contribution in [0, 0.1) is 6.92 Å². The number of rotatable bonds is 1. The van der Waals surface area contributed by atoms with Gasteiger partial charge in [0, 0.05) is 6.92 Å². The zero-order chi connectivity index (χ0) is 5.98. The summed E-state index contributed by atoms with van der Waals surface area (Å²) in [5, 5.41) is 3.24. The van der Waals surface area contributed by atoms with Gasteiger partial charge in [-0.3, -0.25) is 0 Å². The van der Waals surface area contributed by atoms with Crippen LogP contribution in [0.5, 0.6) is 0 Å². The third kappa shape index (κ3) is 1.20. The Labute approximate surface area is 57.3 Å². The van der Waals surface area contributed by atoms with Crippen molar-refractivity contribution in [3.63, 3.8) is 0 Å². The smallest absolute Gasteiger partial charge is 0.202 e. The van der Waals surface area contributed by atoms with Crippen LogP contribution in [0.2, 0.25) is 0 Å². The summed E-state index contributed by atoms with van der Waals surface area (Å²) in [4.78, 5) is 3.11. The van der Waals surface area contributed by atoms with Crippen LogP contribution < -0.4 is 4.98 Å². The van der Waals surface area contributed by atoms with Crippen LogP contribution in [0.25, 0.3) is 0 Å². The first-order valence-corrected chi connectivity index (χ1v) is 3.76. The van der Waals surface area contributed by atoms with Crippen molar-refractivity contribution in [3.8, 4) is 0 Å². The van der Waals surface area contributed by atoms with Crippen molar-refractivity contribution < 1.29 is 4.98 Å². The molecule has 1 rings (SSSR count). The van der Waals surface area contributed by atoms with E-state index in [2.05, 4.69) is 4.98 Å². The number of aryl methyl sites for hydroxylation is 1. The molecule has 0 fully saturated rings. The van der Waals surface area contributed by atoms with E-state index in [1.54, 1.807) is 11.3 Å². The standard InChI is InChI=1S/C5H6ClNS/c1-4-7-5(2-6)3-8-4/h3H,2H2,1H3/p+1. The van der Waals surface area contributed by atoms with Crippen molar-refractivity contribution in [2.45, 2.75) is 12.8 Å². The molecule has 0 saturated carbocycles. The fraction of sp³-hybridized carbons (Fsp3) is 0.400. The second-order valence-corrected chi connectivity index (χ2v) is 2.93. The van der Waals surface area contributed by atoms with E-state index in [1.807, 2.05) is 12.3 Å². The van der Waals surface area contributed by atoms with Crippen molar-refractivity contribution >= 4 is 22.9 Å². The highest BCUT2D eigenvalue weighted by Crippen LogP contribution is 2.03. The van der Waals surface area contributed by atoms with Gasteiger partial charge in [-0.25, -0.2) is 4.98 Å². The normalized spacial score (nSPS) is 9.75. The third-order valence-corrected chi connectivity index (χ3v) is 2.00. The average molecular weight is 149 g/mol. The molecule has 0 unspecified atom stereocenters. The summed E-state index contributed by atoms with van der Waals surface area (Å²) in [5.74, 6) is 0.588. The predicted octanol–water partition coefficient (Wildman–Crippen LogP) is 1.61. The van der Waals surface area contributed by atoms with Crippen LogP contribution in [0.4, 0.5) is 0 Å². The van der Waals surface area contributed by atoms with Gasteiger partial charge >= 0.3 is 0 Å². The van der Waals surface area contributed by atoms with E-state index in [1.165, 1.54) is 5.01 Å². The quantitative estimate of drug-likeness (QED) is 0.538. The van der Waals surface area contributed by atoms with E-state index in [9.17, 15) is 0 Å². The number of nitrogens with one attached hydrogen (secondary N) is 1. The molecule has 1 aromatic rings. The maximum Gasteiger partial charge on any atom is 0.232 e. The van der Waals surface area contributed by atoms with Crippen LogP contribution >= 0.6 is 22.9 Å². The number of hydrogen-bond donors (Lipinski definition) is 0. The van der Waals surface area contributed by atoms with Crippen molar-refractivity contribution in [2.24, 2.45) is 0 Å². The number of hydrogen-bond acceptors (Lipinski definition) is 1. The topological polar surface area (TPSA) is 14.1 Å². The first kappa shape index (κ1) is 6.05. The van der Waals surface area contributed by atoms with Crippen LogP contribution in [0.15, 0.2) is 5.38 Å². The summed E-state index contributed by atoms with van der Waals surface area (Å²) in [5.41, 5.74) is 1.11. The van der Waals surface area contributed by atoms with Crippen molar-refractivity contribution in [1.29, 1.82) is 0 Å². The molecular formula is C5H7ClNS+. The van der Waals surface area contributed by atoms with E-state index in [0.717, 1.165) is 5.69 Å². The number of aromatic amines is 1. The summed E-state index contributed by atoms with van der Waals surface area (Å²) in [6, 6.07) is 0.